The van der Waals surface area contributed by atoms with E-state index in [0.717, 1.165) is 25.9 Å². The number of amidine groups is 1. The van der Waals surface area contributed by atoms with Crippen LogP contribution in [-0.2, 0) is 4.79 Å². The Hall–Kier alpha value is -1.06. The number of hydrogen-bond acceptors (Lipinski definition) is 2. The van der Waals surface area contributed by atoms with Gasteiger partial charge in [0, 0.05) is 12.8 Å². The van der Waals surface area contributed by atoms with E-state index in [1.807, 2.05) is 0 Å². The molecular formula is C45H90N3O+. The van der Waals surface area contributed by atoms with Crippen LogP contribution in [0.4, 0.5) is 0 Å². The van der Waals surface area contributed by atoms with Gasteiger partial charge >= 0.3 is 0 Å². The van der Waals surface area contributed by atoms with E-state index in [1.54, 1.807) is 0 Å². The van der Waals surface area contributed by atoms with E-state index in [4.69, 9.17) is 0 Å². The zero-order valence-corrected chi connectivity index (χ0v) is 34.0. The fraction of sp³-hybridized carbons (Fsp3) is 0.956. The van der Waals surface area contributed by atoms with Gasteiger partial charge in [0.25, 0.3) is 0 Å². The minimum Gasteiger partial charge on any atom is -0.318 e. The van der Waals surface area contributed by atoms with Crippen LogP contribution in [0.5, 0.6) is 0 Å². The predicted molar refractivity (Wildman–Crippen MR) is 218 cm³/mol. The Bertz CT molecular complexity index is 735. The number of hydrogen-bond donors (Lipinski definition) is 2. The number of unbranched alkanes of at least 4 members (excludes halogenated alkanes) is 33. The van der Waals surface area contributed by atoms with Gasteiger partial charge in [0.2, 0.25) is 11.7 Å². The van der Waals surface area contributed by atoms with Crippen molar-refractivity contribution in [3.63, 3.8) is 0 Å². The van der Waals surface area contributed by atoms with Gasteiger partial charge in [-0.15, -0.1) is 0 Å². The third-order valence-corrected chi connectivity index (χ3v) is 11.1. The fourth-order valence-corrected chi connectivity index (χ4v) is 7.80. The van der Waals surface area contributed by atoms with Crippen LogP contribution in [0, 0.1) is 0 Å². The molecule has 1 amide bonds. The van der Waals surface area contributed by atoms with E-state index in [-0.39, 0.29) is 12.1 Å². The van der Waals surface area contributed by atoms with Crippen LogP contribution >= 0.6 is 0 Å². The number of carbonyl (C=O) groups is 1. The van der Waals surface area contributed by atoms with Gasteiger partial charge in [-0.05, 0) is 19.8 Å². The molecule has 0 saturated carbocycles. The Kier molecular flexibility index (Phi) is 34.4. The van der Waals surface area contributed by atoms with Crippen molar-refractivity contribution in [1.29, 1.82) is 0 Å². The summed E-state index contributed by atoms with van der Waals surface area (Å²) in [5.41, 5.74) is 0. The van der Waals surface area contributed by atoms with Crippen molar-refractivity contribution in [3.8, 4) is 0 Å². The molecule has 0 radical (unpaired) electrons. The Labute approximate surface area is 308 Å². The quantitative estimate of drug-likeness (QED) is 0.0499. The second-order valence-electron chi connectivity index (χ2n) is 16.0. The van der Waals surface area contributed by atoms with Gasteiger partial charge in [0.05, 0.1) is 0 Å². The minimum atomic E-state index is 0.0962. The van der Waals surface area contributed by atoms with Crippen LogP contribution in [0.2, 0.25) is 0 Å². The van der Waals surface area contributed by atoms with Crippen LogP contribution in [0.15, 0.2) is 0 Å². The monoisotopic (exact) mass is 689 g/mol. The highest BCUT2D eigenvalue weighted by molar-refractivity contribution is 5.79. The Morgan fingerprint density at radius 2 is 0.816 bits per heavy atom. The molecule has 4 nitrogen and oxygen atoms in total. The van der Waals surface area contributed by atoms with Gasteiger partial charge in [-0.2, -0.15) is 0 Å². The summed E-state index contributed by atoms with van der Waals surface area (Å²) in [5, 5.41) is 6.90. The van der Waals surface area contributed by atoms with E-state index in [1.165, 1.54) is 224 Å². The van der Waals surface area contributed by atoms with Gasteiger partial charge < -0.3 is 5.32 Å². The molecule has 4 heteroatoms. The number of nitrogens with zero attached hydrogens (tertiary/aromatic N) is 1. The van der Waals surface area contributed by atoms with E-state index < -0.39 is 0 Å². The molecule has 2 N–H and O–H groups in total. The summed E-state index contributed by atoms with van der Waals surface area (Å²) in [4.78, 5) is 12.6. The molecule has 0 aromatic carbocycles. The van der Waals surface area contributed by atoms with Crippen molar-refractivity contribution in [2.24, 2.45) is 0 Å². The summed E-state index contributed by atoms with van der Waals surface area (Å²) in [6.45, 7) is 8.77. The molecule has 1 atom stereocenters. The second-order valence-corrected chi connectivity index (χ2v) is 16.0. The van der Waals surface area contributed by atoms with Gasteiger partial charge in [-0.1, -0.05) is 226 Å². The van der Waals surface area contributed by atoms with Crippen LogP contribution in [0.3, 0.4) is 0 Å². The van der Waals surface area contributed by atoms with Crippen molar-refractivity contribution in [1.82, 2.24) is 10.6 Å². The third kappa shape index (κ3) is 30.3. The molecule has 49 heavy (non-hydrogen) atoms. The summed E-state index contributed by atoms with van der Waals surface area (Å²) in [6.07, 6.45) is 50.9. The summed E-state index contributed by atoms with van der Waals surface area (Å²) < 4.78 is 2.40. The highest BCUT2D eigenvalue weighted by Crippen LogP contribution is 2.16. The normalized spacial score (nSPS) is 13.7. The zero-order chi connectivity index (χ0) is 35.3. The Morgan fingerprint density at radius 1 is 0.510 bits per heavy atom. The van der Waals surface area contributed by atoms with Gasteiger partial charge in [-0.25, -0.2) is 4.58 Å². The van der Waals surface area contributed by atoms with Gasteiger partial charge in [0.1, 0.15) is 13.1 Å². The highest BCUT2D eigenvalue weighted by atomic mass is 16.1. The maximum atomic E-state index is 12.6. The lowest BCUT2D eigenvalue weighted by Crippen LogP contribution is -2.42. The topological polar surface area (TPSA) is 44.1 Å². The molecular weight excluding hydrogens is 599 g/mol. The van der Waals surface area contributed by atoms with Gasteiger partial charge in [0.15, 0.2) is 6.17 Å². The summed E-state index contributed by atoms with van der Waals surface area (Å²) >= 11 is 0. The fourth-order valence-electron chi connectivity index (χ4n) is 7.80. The first-order valence-corrected chi connectivity index (χ1v) is 22.8. The molecule has 1 aliphatic heterocycles. The van der Waals surface area contributed by atoms with Crippen LogP contribution < -0.4 is 10.6 Å². The van der Waals surface area contributed by atoms with Crippen molar-refractivity contribution in [2.75, 3.05) is 13.1 Å². The molecule has 1 aliphatic rings. The molecule has 1 unspecified atom stereocenters. The number of rotatable bonds is 39. The van der Waals surface area contributed by atoms with Crippen LogP contribution in [0.1, 0.15) is 258 Å². The summed E-state index contributed by atoms with van der Waals surface area (Å²) in [6, 6.07) is 0. The first-order chi connectivity index (χ1) is 24.2. The van der Waals surface area contributed by atoms with E-state index in [9.17, 15) is 4.79 Å². The molecule has 290 valence electrons. The van der Waals surface area contributed by atoms with E-state index >= 15 is 0 Å². The first-order valence-electron chi connectivity index (χ1n) is 22.8. The van der Waals surface area contributed by atoms with E-state index in [0.29, 0.717) is 6.42 Å². The Balaban J connectivity index is 1.91. The summed E-state index contributed by atoms with van der Waals surface area (Å²) in [5.74, 6) is 1.58. The predicted octanol–water partition coefficient (Wildman–Crippen LogP) is 13.9. The van der Waals surface area contributed by atoms with E-state index in [2.05, 4.69) is 36.0 Å². The maximum Gasteiger partial charge on any atom is 0.246 e. The molecule has 0 spiro atoms. The lowest BCUT2D eigenvalue weighted by atomic mass is 10.0. The maximum absolute atomic E-state index is 12.6. The first kappa shape index (κ1) is 46.0. The smallest absolute Gasteiger partial charge is 0.246 e. The molecule has 0 aromatic rings. The van der Waals surface area contributed by atoms with Crippen molar-refractivity contribution < 1.29 is 9.37 Å². The molecule has 0 fully saturated rings. The number of amides is 1. The zero-order valence-electron chi connectivity index (χ0n) is 34.0. The standard InChI is InChI=1S/C45H89N3O/c1-4-6-8-10-12-14-16-18-20-21-22-23-24-26-27-29-31-33-35-37-39-44-46-41-42-48(44)43(3)47-45(49)40-38-36-34-32-30-28-25-19-17-15-13-11-9-7-5-2/h43H,4-42H2,1-3H3,(H,47,49)/p+1. The summed E-state index contributed by atoms with van der Waals surface area (Å²) in [7, 11) is 0. The second kappa shape index (κ2) is 36.7. The lowest BCUT2D eigenvalue weighted by Gasteiger charge is -2.15. The molecule has 0 aliphatic carbocycles. The highest BCUT2D eigenvalue weighted by Gasteiger charge is 2.25. The van der Waals surface area contributed by atoms with Crippen molar-refractivity contribution in [2.45, 2.75) is 265 Å². The Morgan fingerprint density at radius 3 is 1.16 bits per heavy atom. The van der Waals surface area contributed by atoms with Crippen LogP contribution in [-0.4, -0.2) is 35.6 Å². The average molecular weight is 689 g/mol. The lowest BCUT2D eigenvalue weighted by molar-refractivity contribution is -0.558. The van der Waals surface area contributed by atoms with Crippen molar-refractivity contribution in [3.05, 3.63) is 0 Å². The van der Waals surface area contributed by atoms with Gasteiger partial charge in [-0.3, -0.25) is 10.1 Å². The molecule has 1 heterocycles. The molecule has 0 aromatic heterocycles. The number of nitrogens with one attached hydrogen (secondary N) is 2. The van der Waals surface area contributed by atoms with Crippen LogP contribution in [0.25, 0.3) is 0 Å². The third-order valence-electron chi connectivity index (χ3n) is 11.1. The largest absolute Gasteiger partial charge is 0.318 e. The molecule has 1 rings (SSSR count). The molecule has 0 saturated heterocycles. The average Bonchev–Trinajstić information content (AvgIpc) is 3.58. The SMILES string of the molecule is CCCCCCCCCCCCCCCCCCCCCCC1=[N+](C(C)NC(=O)CCCCCCCCCCCCCCCCC)CCN1. The van der Waals surface area contributed by atoms with Crippen molar-refractivity contribution >= 4 is 11.7 Å². The minimum absolute atomic E-state index is 0.0962. The number of carbonyl (C=O) groups excluding carboxylic acids is 1. The molecule has 0 bridgehead atoms.